The molecule has 0 aromatic heterocycles. The standard InChI is InChI=1S/C24H34N2O/c27-23-24(12-2-1-3-13-24)14-17-26(23)21-9-6-19(7-10-21)20-8-11-22(18-20)25-15-4-5-16-25/h6-7,9-10,20,22H,1-5,8,11-18H2. The minimum atomic E-state index is -0.0225. The van der Waals surface area contributed by atoms with Crippen LogP contribution in [0.3, 0.4) is 0 Å². The molecule has 2 saturated carbocycles. The van der Waals surface area contributed by atoms with Crippen molar-refractivity contribution in [3.63, 3.8) is 0 Å². The van der Waals surface area contributed by atoms with Gasteiger partial charge in [-0.15, -0.1) is 0 Å². The number of carbonyl (C=O) groups excluding carboxylic acids is 1. The number of amides is 1. The van der Waals surface area contributed by atoms with Gasteiger partial charge in [0.25, 0.3) is 0 Å². The number of hydrogen-bond donors (Lipinski definition) is 0. The zero-order chi connectivity index (χ0) is 18.3. The van der Waals surface area contributed by atoms with Crippen LogP contribution in [0.5, 0.6) is 0 Å². The van der Waals surface area contributed by atoms with Crippen LogP contribution in [0.15, 0.2) is 24.3 Å². The van der Waals surface area contributed by atoms with E-state index in [1.165, 1.54) is 70.0 Å². The molecule has 2 heterocycles. The van der Waals surface area contributed by atoms with Crippen molar-refractivity contribution in [2.75, 3.05) is 24.5 Å². The van der Waals surface area contributed by atoms with Gasteiger partial charge in [0.15, 0.2) is 0 Å². The molecule has 2 aliphatic heterocycles. The fourth-order valence-corrected chi connectivity index (χ4v) is 6.38. The number of rotatable bonds is 3. The molecule has 1 aromatic carbocycles. The second-order valence-electron chi connectivity index (χ2n) is 9.55. The third kappa shape index (κ3) is 3.22. The molecule has 3 heteroatoms. The molecule has 2 saturated heterocycles. The monoisotopic (exact) mass is 366 g/mol. The van der Waals surface area contributed by atoms with Gasteiger partial charge in [-0.25, -0.2) is 0 Å². The summed E-state index contributed by atoms with van der Waals surface area (Å²) in [7, 11) is 0. The van der Waals surface area contributed by atoms with Gasteiger partial charge in [0.2, 0.25) is 5.91 Å². The van der Waals surface area contributed by atoms with Gasteiger partial charge in [0.1, 0.15) is 0 Å². The lowest BCUT2D eigenvalue weighted by atomic mass is 9.73. The molecule has 2 aliphatic carbocycles. The van der Waals surface area contributed by atoms with Gasteiger partial charge in [-0.05, 0) is 88.1 Å². The first kappa shape index (κ1) is 17.7. The summed E-state index contributed by atoms with van der Waals surface area (Å²) in [5.41, 5.74) is 2.59. The fourth-order valence-electron chi connectivity index (χ4n) is 6.38. The average Bonchev–Trinajstić information content (AvgIpc) is 3.45. The first-order valence-corrected chi connectivity index (χ1v) is 11.4. The predicted octanol–water partition coefficient (Wildman–Crippen LogP) is 5.11. The van der Waals surface area contributed by atoms with Crippen LogP contribution >= 0.6 is 0 Å². The Kier molecular flexibility index (Phi) is 4.75. The maximum atomic E-state index is 13.1. The topological polar surface area (TPSA) is 23.6 Å². The van der Waals surface area contributed by atoms with E-state index in [2.05, 4.69) is 34.1 Å². The van der Waals surface area contributed by atoms with Crippen molar-refractivity contribution in [3.05, 3.63) is 29.8 Å². The number of carbonyl (C=O) groups is 1. The quantitative estimate of drug-likeness (QED) is 0.742. The third-order valence-electron chi connectivity index (χ3n) is 8.06. The van der Waals surface area contributed by atoms with Crippen molar-refractivity contribution in [3.8, 4) is 0 Å². The van der Waals surface area contributed by atoms with Gasteiger partial charge >= 0.3 is 0 Å². The van der Waals surface area contributed by atoms with E-state index in [0.29, 0.717) is 11.8 Å². The van der Waals surface area contributed by atoms with Crippen LogP contribution in [-0.2, 0) is 4.79 Å². The highest BCUT2D eigenvalue weighted by Gasteiger charge is 2.47. The molecule has 0 radical (unpaired) electrons. The summed E-state index contributed by atoms with van der Waals surface area (Å²) in [6.07, 6.45) is 13.9. The molecule has 27 heavy (non-hydrogen) atoms. The number of likely N-dealkylation sites (tertiary alicyclic amines) is 1. The van der Waals surface area contributed by atoms with E-state index < -0.39 is 0 Å². The van der Waals surface area contributed by atoms with Crippen LogP contribution in [-0.4, -0.2) is 36.5 Å². The molecule has 0 bridgehead atoms. The molecule has 2 atom stereocenters. The molecular weight excluding hydrogens is 332 g/mol. The molecular formula is C24H34N2O. The lowest BCUT2D eigenvalue weighted by Crippen LogP contribution is -2.36. The van der Waals surface area contributed by atoms with Crippen LogP contribution in [0.1, 0.15) is 82.1 Å². The predicted molar refractivity (Wildman–Crippen MR) is 110 cm³/mol. The summed E-state index contributed by atoms with van der Waals surface area (Å²) < 4.78 is 0. The van der Waals surface area contributed by atoms with E-state index in [-0.39, 0.29) is 5.41 Å². The van der Waals surface area contributed by atoms with E-state index in [0.717, 1.165) is 37.5 Å². The first-order chi connectivity index (χ1) is 13.3. The zero-order valence-corrected chi connectivity index (χ0v) is 16.7. The molecule has 4 aliphatic rings. The normalized spacial score (nSPS) is 31.3. The van der Waals surface area contributed by atoms with Crippen molar-refractivity contribution in [2.24, 2.45) is 5.41 Å². The molecule has 4 fully saturated rings. The van der Waals surface area contributed by atoms with Gasteiger partial charge in [-0.3, -0.25) is 4.79 Å². The summed E-state index contributed by atoms with van der Waals surface area (Å²) in [5.74, 6) is 1.12. The third-order valence-corrected chi connectivity index (χ3v) is 8.06. The average molecular weight is 367 g/mol. The number of benzene rings is 1. The Morgan fingerprint density at radius 1 is 0.815 bits per heavy atom. The van der Waals surface area contributed by atoms with Crippen LogP contribution in [0.2, 0.25) is 0 Å². The van der Waals surface area contributed by atoms with Gasteiger partial charge in [0, 0.05) is 18.3 Å². The van der Waals surface area contributed by atoms with Gasteiger partial charge in [0.05, 0.1) is 5.41 Å². The Hall–Kier alpha value is -1.35. The van der Waals surface area contributed by atoms with E-state index in [1.807, 2.05) is 0 Å². The van der Waals surface area contributed by atoms with Gasteiger partial charge in [-0.2, -0.15) is 0 Å². The van der Waals surface area contributed by atoms with Crippen molar-refractivity contribution >= 4 is 11.6 Å². The van der Waals surface area contributed by atoms with Gasteiger partial charge in [-0.1, -0.05) is 31.4 Å². The molecule has 2 unspecified atom stereocenters. The Bertz CT molecular complexity index is 670. The molecule has 1 amide bonds. The zero-order valence-electron chi connectivity index (χ0n) is 16.7. The number of nitrogens with zero attached hydrogens (tertiary/aromatic N) is 2. The highest BCUT2D eigenvalue weighted by molar-refractivity contribution is 5.99. The Morgan fingerprint density at radius 2 is 1.56 bits per heavy atom. The van der Waals surface area contributed by atoms with Crippen LogP contribution < -0.4 is 4.90 Å². The fraction of sp³-hybridized carbons (Fsp3) is 0.708. The largest absolute Gasteiger partial charge is 0.312 e. The summed E-state index contributed by atoms with van der Waals surface area (Å²) in [6, 6.07) is 9.87. The van der Waals surface area contributed by atoms with Crippen LogP contribution in [0, 0.1) is 5.41 Å². The summed E-state index contributed by atoms with van der Waals surface area (Å²) in [4.78, 5) is 17.9. The van der Waals surface area contributed by atoms with Crippen molar-refractivity contribution < 1.29 is 4.79 Å². The van der Waals surface area contributed by atoms with Crippen molar-refractivity contribution in [1.82, 2.24) is 4.90 Å². The number of hydrogen-bond acceptors (Lipinski definition) is 2. The minimum absolute atomic E-state index is 0.0225. The molecule has 3 nitrogen and oxygen atoms in total. The van der Waals surface area contributed by atoms with Crippen molar-refractivity contribution in [1.29, 1.82) is 0 Å². The summed E-state index contributed by atoms with van der Waals surface area (Å²) in [6.45, 7) is 3.54. The Balaban J connectivity index is 1.25. The Labute approximate surface area is 164 Å². The smallest absolute Gasteiger partial charge is 0.233 e. The molecule has 146 valence electrons. The SMILES string of the molecule is O=C1N(c2ccc(C3CCC(N4CCCC4)C3)cc2)CCC12CCCCC2. The summed E-state index contributed by atoms with van der Waals surface area (Å²) >= 11 is 0. The first-order valence-electron chi connectivity index (χ1n) is 11.4. The van der Waals surface area contributed by atoms with E-state index in [4.69, 9.17) is 0 Å². The maximum absolute atomic E-state index is 13.1. The Morgan fingerprint density at radius 3 is 2.30 bits per heavy atom. The van der Waals surface area contributed by atoms with Crippen LogP contribution in [0.25, 0.3) is 0 Å². The molecule has 1 aromatic rings. The van der Waals surface area contributed by atoms with E-state index in [1.54, 1.807) is 0 Å². The second kappa shape index (κ2) is 7.24. The molecule has 1 spiro atoms. The molecule has 0 N–H and O–H groups in total. The number of anilines is 1. The maximum Gasteiger partial charge on any atom is 0.233 e. The summed E-state index contributed by atoms with van der Waals surface area (Å²) in [5, 5.41) is 0. The van der Waals surface area contributed by atoms with E-state index >= 15 is 0 Å². The lowest BCUT2D eigenvalue weighted by molar-refractivity contribution is -0.127. The van der Waals surface area contributed by atoms with Crippen molar-refractivity contribution in [2.45, 2.75) is 82.6 Å². The second-order valence-corrected chi connectivity index (χ2v) is 9.55. The lowest BCUT2D eigenvalue weighted by Gasteiger charge is -2.31. The minimum Gasteiger partial charge on any atom is -0.312 e. The molecule has 5 rings (SSSR count). The highest BCUT2D eigenvalue weighted by Crippen LogP contribution is 2.46. The van der Waals surface area contributed by atoms with Gasteiger partial charge < -0.3 is 9.80 Å². The van der Waals surface area contributed by atoms with E-state index in [9.17, 15) is 4.79 Å². The highest BCUT2D eigenvalue weighted by atomic mass is 16.2. The van der Waals surface area contributed by atoms with Crippen LogP contribution in [0.4, 0.5) is 5.69 Å².